The lowest BCUT2D eigenvalue weighted by Gasteiger charge is -2.36. The molecule has 0 radical (unpaired) electrons. The number of guanidine groups is 1. The zero-order chi connectivity index (χ0) is 19.9. The highest BCUT2D eigenvalue weighted by Gasteiger charge is 2.22. The summed E-state index contributed by atoms with van der Waals surface area (Å²) >= 11 is 3.40. The molecule has 1 aromatic heterocycles. The lowest BCUT2D eigenvalue weighted by Crippen LogP contribution is -2.53. The number of nitrogens with one attached hydrogen (secondary N) is 2. The molecule has 0 aromatic carbocycles. The van der Waals surface area contributed by atoms with Crippen molar-refractivity contribution in [1.29, 1.82) is 0 Å². The average Bonchev–Trinajstić information content (AvgIpc) is 2.64. The van der Waals surface area contributed by atoms with Gasteiger partial charge < -0.3 is 25.2 Å². The van der Waals surface area contributed by atoms with Crippen LogP contribution in [-0.2, 0) is 0 Å². The molecule has 0 unspecified atom stereocenters. The van der Waals surface area contributed by atoms with Gasteiger partial charge in [0.2, 0.25) is 11.8 Å². The minimum absolute atomic E-state index is 0.116. The molecule has 1 saturated heterocycles. The van der Waals surface area contributed by atoms with E-state index in [-0.39, 0.29) is 5.54 Å². The monoisotopic (exact) mass is 441 g/mol. The Morgan fingerprint density at radius 2 is 2.00 bits per heavy atom. The van der Waals surface area contributed by atoms with E-state index in [0.29, 0.717) is 11.8 Å². The van der Waals surface area contributed by atoms with Crippen LogP contribution in [0.5, 0.6) is 5.88 Å². The second-order valence-corrected chi connectivity index (χ2v) is 8.27. The number of hydrogen-bond acceptors (Lipinski definition) is 6. The predicted molar refractivity (Wildman–Crippen MR) is 114 cm³/mol. The normalized spacial score (nSPS) is 15.9. The number of ether oxygens (including phenoxy) is 1. The Hall–Kier alpha value is -1.61. The van der Waals surface area contributed by atoms with Crippen molar-refractivity contribution in [3.63, 3.8) is 0 Å². The van der Waals surface area contributed by atoms with Crippen molar-refractivity contribution in [3.05, 3.63) is 10.7 Å². The highest BCUT2D eigenvalue weighted by atomic mass is 79.9. The smallest absolute Gasteiger partial charge is 0.232 e. The summed E-state index contributed by atoms with van der Waals surface area (Å²) in [5.74, 6) is 2.23. The number of aliphatic imine (C=N–C) groups is 1. The molecule has 0 bridgehead atoms. The number of halogens is 1. The molecule has 0 saturated carbocycles. The molecule has 0 amide bonds. The van der Waals surface area contributed by atoms with Crippen LogP contribution in [0.25, 0.3) is 0 Å². The number of piperazine rings is 1. The highest BCUT2D eigenvalue weighted by Crippen LogP contribution is 2.23. The molecule has 9 heteroatoms. The van der Waals surface area contributed by atoms with Crippen LogP contribution in [0.3, 0.4) is 0 Å². The SMILES string of the molecule is CCNC(=NCCNC(C)(C)C)N1CCN(c2ncc(Br)c(OC)n2)CC1. The van der Waals surface area contributed by atoms with Gasteiger partial charge in [0.05, 0.1) is 24.3 Å². The topological polar surface area (TPSA) is 77.9 Å². The molecule has 2 heterocycles. The van der Waals surface area contributed by atoms with Gasteiger partial charge in [-0.2, -0.15) is 4.98 Å². The molecule has 1 aromatic rings. The molecule has 1 aliphatic heterocycles. The Morgan fingerprint density at radius 1 is 1.30 bits per heavy atom. The summed E-state index contributed by atoms with van der Waals surface area (Å²) < 4.78 is 6.04. The summed E-state index contributed by atoms with van der Waals surface area (Å²) in [4.78, 5) is 18.1. The third kappa shape index (κ3) is 6.80. The molecule has 8 nitrogen and oxygen atoms in total. The molecule has 2 N–H and O–H groups in total. The summed E-state index contributed by atoms with van der Waals surface area (Å²) in [5.41, 5.74) is 0.116. The van der Waals surface area contributed by atoms with Crippen molar-refractivity contribution < 1.29 is 4.74 Å². The fourth-order valence-electron chi connectivity index (χ4n) is 2.78. The Bertz CT molecular complexity index is 625. The summed E-state index contributed by atoms with van der Waals surface area (Å²) in [6.07, 6.45) is 1.74. The molecule has 152 valence electrons. The van der Waals surface area contributed by atoms with Gasteiger partial charge >= 0.3 is 0 Å². The van der Waals surface area contributed by atoms with Gasteiger partial charge in [-0.1, -0.05) is 0 Å². The number of rotatable bonds is 6. The Morgan fingerprint density at radius 3 is 2.59 bits per heavy atom. The zero-order valence-corrected chi connectivity index (χ0v) is 18.6. The van der Waals surface area contributed by atoms with Crippen LogP contribution in [0.4, 0.5) is 5.95 Å². The molecule has 0 aliphatic carbocycles. The first-order valence-electron chi connectivity index (χ1n) is 9.44. The molecule has 27 heavy (non-hydrogen) atoms. The van der Waals surface area contributed by atoms with Gasteiger partial charge in [-0.05, 0) is 43.6 Å². The van der Waals surface area contributed by atoms with Crippen molar-refractivity contribution in [2.75, 3.05) is 57.8 Å². The summed E-state index contributed by atoms with van der Waals surface area (Å²) in [6, 6.07) is 0. The second-order valence-electron chi connectivity index (χ2n) is 7.41. The lowest BCUT2D eigenvalue weighted by molar-refractivity contribution is 0.365. The van der Waals surface area contributed by atoms with Gasteiger partial charge in [0.1, 0.15) is 0 Å². The summed E-state index contributed by atoms with van der Waals surface area (Å²) in [5, 5.41) is 6.87. The van der Waals surface area contributed by atoms with Crippen LogP contribution >= 0.6 is 15.9 Å². The zero-order valence-electron chi connectivity index (χ0n) is 17.0. The van der Waals surface area contributed by atoms with E-state index in [1.54, 1.807) is 13.3 Å². The van der Waals surface area contributed by atoms with Gasteiger partial charge in [-0.15, -0.1) is 0 Å². The van der Waals surface area contributed by atoms with E-state index in [1.165, 1.54) is 0 Å². The molecule has 0 atom stereocenters. The van der Waals surface area contributed by atoms with Crippen LogP contribution < -0.4 is 20.3 Å². The van der Waals surface area contributed by atoms with E-state index >= 15 is 0 Å². The van der Waals surface area contributed by atoms with Crippen molar-refractivity contribution in [3.8, 4) is 5.88 Å². The van der Waals surface area contributed by atoms with E-state index < -0.39 is 0 Å². The molecule has 2 rings (SSSR count). The number of hydrogen-bond donors (Lipinski definition) is 2. The maximum atomic E-state index is 5.28. The van der Waals surface area contributed by atoms with E-state index in [9.17, 15) is 0 Å². The summed E-state index contributed by atoms with van der Waals surface area (Å²) in [7, 11) is 1.61. The van der Waals surface area contributed by atoms with Crippen molar-refractivity contribution in [1.82, 2.24) is 25.5 Å². The van der Waals surface area contributed by atoms with Crippen LogP contribution in [-0.4, -0.2) is 79.3 Å². The first-order valence-corrected chi connectivity index (χ1v) is 10.2. The Balaban J connectivity index is 1.93. The number of aromatic nitrogens is 2. The first-order chi connectivity index (χ1) is 12.8. The molecule has 1 fully saturated rings. The van der Waals surface area contributed by atoms with E-state index in [2.05, 4.69) is 74.0 Å². The van der Waals surface area contributed by atoms with Crippen LogP contribution in [0.1, 0.15) is 27.7 Å². The van der Waals surface area contributed by atoms with Gasteiger partial charge in [0.15, 0.2) is 5.96 Å². The fourth-order valence-corrected chi connectivity index (χ4v) is 3.13. The molecule has 0 spiro atoms. The lowest BCUT2D eigenvalue weighted by atomic mass is 10.1. The molecular formula is C18H32BrN7O. The first kappa shape index (κ1) is 21.7. The van der Waals surface area contributed by atoms with E-state index in [4.69, 9.17) is 9.73 Å². The third-order valence-corrected chi connectivity index (χ3v) is 4.66. The summed E-state index contributed by atoms with van der Waals surface area (Å²) in [6.45, 7) is 14.5. The second kappa shape index (κ2) is 10.1. The predicted octanol–water partition coefficient (Wildman–Crippen LogP) is 1.72. The quantitative estimate of drug-likeness (QED) is 0.395. The van der Waals surface area contributed by atoms with E-state index in [1.807, 2.05) is 0 Å². The molecular weight excluding hydrogens is 410 g/mol. The Kier molecular flexibility index (Phi) is 8.09. The highest BCUT2D eigenvalue weighted by molar-refractivity contribution is 9.10. The maximum absolute atomic E-state index is 5.28. The third-order valence-electron chi connectivity index (χ3n) is 4.12. The number of nitrogens with zero attached hydrogens (tertiary/aromatic N) is 5. The van der Waals surface area contributed by atoms with E-state index in [0.717, 1.165) is 56.2 Å². The standard InChI is InChI=1S/C18H32BrN7O/c1-6-20-16(21-7-8-23-18(2,3)4)25-9-11-26(12-10-25)17-22-13-14(19)15(24-17)27-5/h13,23H,6-12H2,1-5H3,(H,20,21). The van der Waals surface area contributed by atoms with Crippen molar-refractivity contribution >= 4 is 27.8 Å². The average molecular weight is 442 g/mol. The maximum Gasteiger partial charge on any atom is 0.232 e. The minimum atomic E-state index is 0.116. The fraction of sp³-hybridized carbons (Fsp3) is 0.722. The van der Waals surface area contributed by atoms with Crippen molar-refractivity contribution in [2.45, 2.75) is 33.2 Å². The largest absolute Gasteiger partial charge is 0.480 e. The molecule has 1 aliphatic rings. The Labute approximate surface area is 170 Å². The van der Waals surface area contributed by atoms with Crippen LogP contribution in [0, 0.1) is 0 Å². The van der Waals surface area contributed by atoms with Gasteiger partial charge in [-0.25, -0.2) is 4.98 Å². The van der Waals surface area contributed by atoms with Crippen LogP contribution in [0.2, 0.25) is 0 Å². The number of methoxy groups -OCH3 is 1. The van der Waals surface area contributed by atoms with Crippen LogP contribution in [0.15, 0.2) is 15.7 Å². The van der Waals surface area contributed by atoms with Gasteiger partial charge in [-0.3, -0.25) is 4.99 Å². The number of anilines is 1. The minimum Gasteiger partial charge on any atom is -0.480 e. The van der Waals surface area contributed by atoms with Crippen molar-refractivity contribution in [2.24, 2.45) is 4.99 Å². The van der Waals surface area contributed by atoms with Gasteiger partial charge in [0.25, 0.3) is 0 Å². The van der Waals surface area contributed by atoms with Gasteiger partial charge in [0, 0.05) is 44.8 Å².